The number of amides is 1. The van der Waals surface area contributed by atoms with Crippen molar-refractivity contribution in [1.82, 2.24) is 14.8 Å². The van der Waals surface area contributed by atoms with Crippen molar-refractivity contribution in [2.45, 2.75) is 11.3 Å². The molecule has 0 aliphatic heterocycles. The minimum atomic E-state index is -4.56. The normalized spacial score (nSPS) is 11.5. The minimum absolute atomic E-state index is 0.139. The summed E-state index contributed by atoms with van der Waals surface area (Å²) in [5.41, 5.74) is -0.510. The Morgan fingerprint density at radius 3 is 2.55 bits per heavy atom. The Kier molecular flexibility index (Phi) is 6.40. The first-order valence-corrected chi connectivity index (χ1v) is 9.84. The van der Waals surface area contributed by atoms with Crippen LogP contribution in [0.15, 0.2) is 47.6 Å². The molecule has 0 aliphatic rings. The molecule has 0 aliphatic carbocycles. The Hall–Kier alpha value is -2.23. The average molecular weight is 461 g/mol. The molecule has 0 radical (unpaired) electrons. The smallest absolute Gasteiger partial charge is 0.325 e. The van der Waals surface area contributed by atoms with E-state index in [1.165, 1.54) is 18.2 Å². The molecule has 1 aromatic heterocycles. The maximum Gasteiger partial charge on any atom is 0.418 e. The van der Waals surface area contributed by atoms with Crippen LogP contribution >= 0.6 is 35.0 Å². The van der Waals surface area contributed by atoms with Crippen LogP contribution in [-0.4, -0.2) is 26.4 Å². The van der Waals surface area contributed by atoms with E-state index in [1.54, 1.807) is 29.8 Å². The third kappa shape index (κ3) is 5.04. The molecule has 0 unspecified atom stereocenters. The van der Waals surface area contributed by atoms with Crippen LogP contribution < -0.4 is 5.32 Å². The number of nitrogens with one attached hydrogen (secondary N) is 1. The highest BCUT2D eigenvalue weighted by Gasteiger charge is 2.33. The molecule has 3 rings (SSSR count). The highest BCUT2D eigenvalue weighted by atomic mass is 35.5. The largest absolute Gasteiger partial charge is 0.418 e. The molecule has 0 bridgehead atoms. The van der Waals surface area contributed by atoms with Crippen molar-refractivity contribution in [1.29, 1.82) is 0 Å². The monoisotopic (exact) mass is 460 g/mol. The van der Waals surface area contributed by atoms with Gasteiger partial charge in [-0.2, -0.15) is 13.2 Å². The van der Waals surface area contributed by atoms with Gasteiger partial charge < -0.3 is 9.88 Å². The second-order valence-corrected chi connectivity index (χ2v) is 7.63. The predicted octanol–water partition coefficient (Wildman–Crippen LogP) is 5.54. The Bertz CT molecular complexity index is 1060. The standard InChI is InChI=1S/C18H13Cl2F3N4OS/c1-27-16(10-6-7-12(19)13(20)8-10)25-26-17(27)29-9-15(28)24-14-5-3-2-4-11(14)18(21,22)23/h2-8H,9H2,1H3,(H,24,28). The molecular weight excluding hydrogens is 448 g/mol. The Labute approximate surface area is 178 Å². The van der Waals surface area contributed by atoms with Crippen molar-refractivity contribution in [3.8, 4) is 11.4 Å². The fourth-order valence-electron chi connectivity index (χ4n) is 2.48. The van der Waals surface area contributed by atoms with Crippen LogP contribution in [0, 0.1) is 0 Å². The van der Waals surface area contributed by atoms with Crippen molar-refractivity contribution >= 4 is 46.6 Å². The molecule has 0 spiro atoms. The number of hydrogen-bond donors (Lipinski definition) is 1. The number of hydrogen-bond acceptors (Lipinski definition) is 4. The van der Waals surface area contributed by atoms with E-state index in [-0.39, 0.29) is 11.4 Å². The molecule has 0 fully saturated rings. The van der Waals surface area contributed by atoms with Crippen LogP contribution in [0.2, 0.25) is 10.0 Å². The first-order valence-electron chi connectivity index (χ1n) is 8.10. The number of carbonyl (C=O) groups excluding carboxylic acids is 1. The van der Waals surface area contributed by atoms with Crippen LogP contribution in [0.5, 0.6) is 0 Å². The van der Waals surface area contributed by atoms with Crippen LogP contribution in [0.1, 0.15) is 5.56 Å². The molecule has 3 aromatic rings. The SMILES string of the molecule is Cn1c(SCC(=O)Nc2ccccc2C(F)(F)F)nnc1-c1ccc(Cl)c(Cl)c1. The lowest BCUT2D eigenvalue weighted by Crippen LogP contribution is -2.18. The maximum absolute atomic E-state index is 13.0. The summed E-state index contributed by atoms with van der Waals surface area (Å²) in [4.78, 5) is 12.1. The van der Waals surface area contributed by atoms with Crippen LogP contribution in [0.25, 0.3) is 11.4 Å². The minimum Gasteiger partial charge on any atom is -0.325 e. The van der Waals surface area contributed by atoms with Crippen molar-refractivity contribution in [2.24, 2.45) is 7.05 Å². The fraction of sp³-hybridized carbons (Fsp3) is 0.167. The fourth-order valence-corrected chi connectivity index (χ4v) is 3.49. The van der Waals surface area contributed by atoms with E-state index in [0.29, 0.717) is 26.6 Å². The zero-order chi connectivity index (χ0) is 21.2. The lowest BCUT2D eigenvalue weighted by molar-refractivity contribution is -0.137. The first-order chi connectivity index (χ1) is 13.7. The number of halogens is 5. The third-order valence-corrected chi connectivity index (χ3v) is 5.61. The third-order valence-electron chi connectivity index (χ3n) is 3.85. The van der Waals surface area contributed by atoms with Gasteiger partial charge in [-0.05, 0) is 30.3 Å². The number of aromatic nitrogens is 3. The summed E-state index contributed by atoms with van der Waals surface area (Å²) < 4.78 is 40.7. The van der Waals surface area contributed by atoms with Crippen molar-refractivity contribution < 1.29 is 18.0 Å². The van der Waals surface area contributed by atoms with Gasteiger partial charge in [-0.15, -0.1) is 10.2 Å². The lowest BCUT2D eigenvalue weighted by atomic mass is 10.1. The molecule has 0 saturated carbocycles. The summed E-state index contributed by atoms with van der Waals surface area (Å²) in [6.45, 7) is 0. The topological polar surface area (TPSA) is 59.8 Å². The van der Waals surface area contributed by atoms with E-state index < -0.39 is 17.6 Å². The van der Waals surface area contributed by atoms with Crippen molar-refractivity contribution in [2.75, 3.05) is 11.1 Å². The molecule has 1 N–H and O–H groups in total. The predicted molar refractivity (Wildman–Crippen MR) is 107 cm³/mol. The van der Waals surface area contributed by atoms with E-state index >= 15 is 0 Å². The molecule has 5 nitrogen and oxygen atoms in total. The zero-order valence-electron chi connectivity index (χ0n) is 14.8. The number of carbonyl (C=O) groups is 1. The van der Waals surface area contributed by atoms with Gasteiger partial charge in [-0.1, -0.05) is 47.1 Å². The molecule has 2 aromatic carbocycles. The molecule has 1 heterocycles. The number of rotatable bonds is 5. The molecule has 11 heteroatoms. The van der Waals surface area contributed by atoms with Crippen LogP contribution in [0.3, 0.4) is 0 Å². The van der Waals surface area contributed by atoms with E-state index in [2.05, 4.69) is 15.5 Å². The van der Waals surface area contributed by atoms with Gasteiger partial charge in [0.15, 0.2) is 11.0 Å². The van der Waals surface area contributed by atoms with E-state index in [9.17, 15) is 18.0 Å². The highest BCUT2D eigenvalue weighted by molar-refractivity contribution is 7.99. The molecule has 1 amide bonds. The van der Waals surface area contributed by atoms with Gasteiger partial charge in [0.2, 0.25) is 5.91 Å². The second-order valence-electron chi connectivity index (χ2n) is 5.87. The zero-order valence-corrected chi connectivity index (χ0v) is 17.1. The average Bonchev–Trinajstić information content (AvgIpc) is 3.02. The number of anilines is 1. The number of alkyl halides is 3. The van der Waals surface area contributed by atoms with E-state index in [0.717, 1.165) is 17.8 Å². The van der Waals surface area contributed by atoms with E-state index in [4.69, 9.17) is 23.2 Å². The van der Waals surface area contributed by atoms with Gasteiger partial charge in [0.05, 0.1) is 27.0 Å². The molecule has 0 saturated heterocycles. The van der Waals surface area contributed by atoms with Crippen LogP contribution in [-0.2, 0) is 18.0 Å². The quantitative estimate of drug-likeness (QED) is 0.507. The Morgan fingerprint density at radius 2 is 1.86 bits per heavy atom. The van der Waals surface area contributed by atoms with Gasteiger partial charge in [-0.25, -0.2) is 0 Å². The lowest BCUT2D eigenvalue weighted by Gasteiger charge is -2.13. The highest BCUT2D eigenvalue weighted by Crippen LogP contribution is 2.35. The summed E-state index contributed by atoms with van der Waals surface area (Å²) in [5.74, 6) is -0.223. The number of para-hydroxylation sites is 1. The molecule has 29 heavy (non-hydrogen) atoms. The summed E-state index contributed by atoms with van der Waals surface area (Å²) in [7, 11) is 1.71. The van der Waals surface area contributed by atoms with Crippen LogP contribution in [0.4, 0.5) is 18.9 Å². The number of nitrogens with zero attached hydrogens (tertiary/aromatic N) is 3. The summed E-state index contributed by atoms with van der Waals surface area (Å²) in [6, 6.07) is 9.80. The van der Waals surface area contributed by atoms with E-state index in [1.807, 2.05) is 0 Å². The molecule has 152 valence electrons. The van der Waals surface area contributed by atoms with Gasteiger partial charge >= 0.3 is 6.18 Å². The van der Waals surface area contributed by atoms with Gasteiger partial charge in [0, 0.05) is 12.6 Å². The Balaban J connectivity index is 1.69. The summed E-state index contributed by atoms with van der Waals surface area (Å²) in [5, 5.41) is 11.6. The van der Waals surface area contributed by atoms with Gasteiger partial charge in [-0.3, -0.25) is 4.79 Å². The summed E-state index contributed by atoms with van der Waals surface area (Å²) >= 11 is 13.0. The molecule has 0 atom stereocenters. The van der Waals surface area contributed by atoms with Crippen molar-refractivity contribution in [3.63, 3.8) is 0 Å². The Morgan fingerprint density at radius 1 is 1.14 bits per heavy atom. The van der Waals surface area contributed by atoms with Gasteiger partial charge in [0.1, 0.15) is 0 Å². The maximum atomic E-state index is 13.0. The second kappa shape index (κ2) is 8.64. The number of benzene rings is 2. The van der Waals surface area contributed by atoms with Gasteiger partial charge in [0.25, 0.3) is 0 Å². The van der Waals surface area contributed by atoms with Crippen molar-refractivity contribution in [3.05, 3.63) is 58.1 Å². The summed E-state index contributed by atoms with van der Waals surface area (Å²) in [6.07, 6.45) is -4.56. The number of thioether (sulfide) groups is 1. The first kappa shape index (κ1) is 21.5. The molecular formula is C18H13Cl2F3N4OS.